The van der Waals surface area contributed by atoms with Crippen molar-refractivity contribution >= 4 is 11.3 Å². The fourth-order valence-corrected chi connectivity index (χ4v) is 2.32. The Morgan fingerprint density at radius 1 is 1.38 bits per heavy atom. The molecular weight excluding hydrogens is 216 g/mol. The van der Waals surface area contributed by atoms with E-state index in [0.29, 0.717) is 6.04 Å². The Bertz CT molecular complexity index is 259. The summed E-state index contributed by atoms with van der Waals surface area (Å²) in [6.07, 6.45) is 6.78. The molecule has 0 fully saturated rings. The molecule has 0 aromatic carbocycles. The van der Waals surface area contributed by atoms with Crippen molar-refractivity contribution in [3.63, 3.8) is 0 Å². The van der Waals surface area contributed by atoms with E-state index in [1.54, 1.807) is 11.3 Å². The Morgan fingerprint density at radius 2 is 2.19 bits per heavy atom. The smallest absolute Gasteiger partial charge is 0.0924 e. The summed E-state index contributed by atoms with van der Waals surface area (Å²) >= 11 is 1.76. The van der Waals surface area contributed by atoms with Crippen LogP contribution in [0.25, 0.3) is 0 Å². The van der Waals surface area contributed by atoms with Gasteiger partial charge in [-0.2, -0.15) is 0 Å². The van der Waals surface area contributed by atoms with Crippen molar-refractivity contribution in [2.24, 2.45) is 5.92 Å². The predicted octanol–water partition coefficient (Wildman–Crippen LogP) is 3.49. The van der Waals surface area contributed by atoms with Crippen molar-refractivity contribution in [2.45, 2.75) is 52.5 Å². The number of hydrogen-bond acceptors (Lipinski definition) is 3. The quantitative estimate of drug-likeness (QED) is 0.704. The first-order valence-corrected chi connectivity index (χ1v) is 7.23. The summed E-state index contributed by atoms with van der Waals surface area (Å²) in [5.74, 6) is 0.777. The lowest BCUT2D eigenvalue weighted by molar-refractivity contribution is 0.387. The molecule has 0 bridgehead atoms. The fourth-order valence-electron chi connectivity index (χ4n) is 1.66. The lowest BCUT2D eigenvalue weighted by Crippen LogP contribution is -2.32. The van der Waals surface area contributed by atoms with Gasteiger partial charge in [0.05, 0.1) is 5.01 Å². The monoisotopic (exact) mass is 240 g/mol. The molecule has 0 aliphatic carbocycles. The van der Waals surface area contributed by atoms with E-state index in [1.807, 2.05) is 6.20 Å². The Kier molecular flexibility index (Phi) is 6.65. The predicted molar refractivity (Wildman–Crippen MR) is 72.0 cm³/mol. The topological polar surface area (TPSA) is 24.9 Å². The minimum Gasteiger partial charge on any atom is -0.314 e. The molecule has 1 N–H and O–H groups in total. The van der Waals surface area contributed by atoms with Crippen LogP contribution in [-0.2, 0) is 6.42 Å². The summed E-state index contributed by atoms with van der Waals surface area (Å²) < 4.78 is 0. The number of unbranched alkanes of at least 4 members (excludes halogenated alkanes) is 1. The van der Waals surface area contributed by atoms with E-state index in [9.17, 15) is 0 Å². The Morgan fingerprint density at radius 3 is 2.81 bits per heavy atom. The summed E-state index contributed by atoms with van der Waals surface area (Å²) in [6.45, 7) is 7.99. The number of aryl methyl sites for hydroxylation is 1. The normalized spacial score (nSPS) is 14.9. The first-order valence-electron chi connectivity index (χ1n) is 6.35. The molecular formula is C13H24N2S. The van der Waals surface area contributed by atoms with Crippen LogP contribution in [-0.4, -0.2) is 17.6 Å². The largest absolute Gasteiger partial charge is 0.314 e. The molecule has 0 aliphatic rings. The molecule has 2 unspecified atom stereocenters. The van der Waals surface area contributed by atoms with E-state index >= 15 is 0 Å². The first-order chi connectivity index (χ1) is 7.74. The SMILES string of the molecule is CCC(C)C(C)NCCCCc1nccs1. The van der Waals surface area contributed by atoms with Crippen molar-refractivity contribution in [3.8, 4) is 0 Å². The summed E-state index contributed by atoms with van der Waals surface area (Å²) in [5.41, 5.74) is 0. The zero-order valence-corrected chi connectivity index (χ0v) is 11.5. The second kappa shape index (κ2) is 7.80. The second-order valence-electron chi connectivity index (χ2n) is 4.51. The van der Waals surface area contributed by atoms with E-state index in [1.165, 1.54) is 24.3 Å². The van der Waals surface area contributed by atoms with Gasteiger partial charge in [0.1, 0.15) is 0 Å². The molecule has 1 rings (SSSR count). The van der Waals surface area contributed by atoms with Gasteiger partial charge in [0.25, 0.3) is 0 Å². The first kappa shape index (κ1) is 13.7. The second-order valence-corrected chi connectivity index (χ2v) is 5.49. The van der Waals surface area contributed by atoms with E-state index in [-0.39, 0.29) is 0 Å². The molecule has 1 aromatic heterocycles. The highest BCUT2D eigenvalue weighted by molar-refractivity contribution is 7.09. The zero-order chi connectivity index (χ0) is 11.8. The van der Waals surface area contributed by atoms with Crippen LogP contribution in [0.15, 0.2) is 11.6 Å². The van der Waals surface area contributed by atoms with Crippen LogP contribution >= 0.6 is 11.3 Å². The Balaban J connectivity index is 1.99. The standard InChI is InChI=1S/C13H24N2S/c1-4-11(2)12(3)14-8-6-5-7-13-15-9-10-16-13/h9-12,14H,4-8H2,1-3H3. The fraction of sp³-hybridized carbons (Fsp3) is 0.769. The average Bonchev–Trinajstić information content (AvgIpc) is 2.80. The van der Waals surface area contributed by atoms with Gasteiger partial charge in [-0.3, -0.25) is 0 Å². The summed E-state index contributed by atoms with van der Waals surface area (Å²) in [5, 5.41) is 6.92. The number of thiazole rings is 1. The van der Waals surface area contributed by atoms with Gasteiger partial charge in [-0.15, -0.1) is 11.3 Å². The molecule has 0 amide bonds. The summed E-state index contributed by atoms with van der Waals surface area (Å²) in [4.78, 5) is 4.29. The molecule has 0 aliphatic heterocycles. The van der Waals surface area contributed by atoms with Gasteiger partial charge in [0.2, 0.25) is 0 Å². The van der Waals surface area contributed by atoms with Gasteiger partial charge in [-0.25, -0.2) is 4.98 Å². The van der Waals surface area contributed by atoms with Gasteiger partial charge in [-0.1, -0.05) is 20.3 Å². The molecule has 16 heavy (non-hydrogen) atoms. The van der Waals surface area contributed by atoms with Gasteiger partial charge >= 0.3 is 0 Å². The third-order valence-electron chi connectivity index (χ3n) is 3.26. The molecule has 2 nitrogen and oxygen atoms in total. The maximum absolute atomic E-state index is 4.29. The molecule has 92 valence electrons. The number of hydrogen-bond donors (Lipinski definition) is 1. The van der Waals surface area contributed by atoms with E-state index in [2.05, 4.69) is 36.5 Å². The van der Waals surface area contributed by atoms with Crippen LogP contribution in [0.3, 0.4) is 0 Å². The zero-order valence-electron chi connectivity index (χ0n) is 10.7. The number of nitrogens with zero attached hydrogens (tertiary/aromatic N) is 1. The molecule has 3 heteroatoms. The maximum atomic E-state index is 4.29. The Hall–Kier alpha value is -0.410. The van der Waals surface area contributed by atoms with Crippen LogP contribution in [0.5, 0.6) is 0 Å². The maximum Gasteiger partial charge on any atom is 0.0924 e. The van der Waals surface area contributed by atoms with Gasteiger partial charge in [-0.05, 0) is 38.6 Å². The van der Waals surface area contributed by atoms with Crippen molar-refractivity contribution < 1.29 is 0 Å². The summed E-state index contributed by atoms with van der Waals surface area (Å²) in [6, 6.07) is 0.643. The average molecular weight is 240 g/mol. The minimum absolute atomic E-state index is 0.643. The van der Waals surface area contributed by atoms with Crippen molar-refractivity contribution in [1.29, 1.82) is 0 Å². The highest BCUT2D eigenvalue weighted by Crippen LogP contribution is 2.09. The van der Waals surface area contributed by atoms with Crippen LogP contribution in [0, 0.1) is 5.92 Å². The third-order valence-corrected chi connectivity index (χ3v) is 4.10. The van der Waals surface area contributed by atoms with Crippen molar-refractivity contribution in [2.75, 3.05) is 6.54 Å². The lowest BCUT2D eigenvalue weighted by atomic mass is 10.0. The molecule has 0 radical (unpaired) electrons. The molecule has 0 saturated carbocycles. The molecule has 0 saturated heterocycles. The van der Waals surface area contributed by atoms with Crippen molar-refractivity contribution in [3.05, 3.63) is 16.6 Å². The third kappa shape index (κ3) is 5.08. The summed E-state index contributed by atoms with van der Waals surface area (Å²) in [7, 11) is 0. The highest BCUT2D eigenvalue weighted by Gasteiger charge is 2.08. The minimum atomic E-state index is 0.643. The van der Waals surface area contributed by atoms with Gasteiger partial charge < -0.3 is 5.32 Å². The highest BCUT2D eigenvalue weighted by atomic mass is 32.1. The van der Waals surface area contributed by atoms with E-state index < -0.39 is 0 Å². The molecule has 1 aromatic rings. The molecule has 1 heterocycles. The number of nitrogens with one attached hydrogen (secondary N) is 1. The van der Waals surface area contributed by atoms with Crippen LogP contribution in [0.4, 0.5) is 0 Å². The number of aromatic nitrogens is 1. The number of rotatable bonds is 8. The van der Waals surface area contributed by atoms with Gasteiger partial charge in [0, 0.05) is 17.6 Å². The van der Waals surface area contributed by atoms with Gasteiger partial charge in [0.15, 0.2) is 0 Å². The van der Waals surface area contributed by atoms with Crippen LogP contribution < -0.4 is 5.32 Å². The van der Waals surface area contributed by atoms with E-state index in [0.717, 1.165) is 18.9 Å². The lowest BCUT2D eigenvalue weighted by Gasteiger charge is -2.19. The van der Waals surface area contributed by atoms with Crippen LogP contribution in [0.1, 0.15) is 45.0 Å². The van der Waals surface area contributed by atoms with E-state index in [4.69, 9.17) is 0 Å². The van der Waals surface area contributed by atoms with Crippen LogP contribution in [0.2, 0.25) is 0 Å². The van der Waals surface area contributed by atoms with Crippen molar-refractivity contribution in [1.82, 2.24) is 10.3 Å². The molecule has 2 atom stereocenters. The molecule has 0 spiro atoms. The Labute approximate surface area is 103 Å².